The van der Waals surface area contributed by atoms with Gasteiger partial charge in [-0.3, -0.25) is 0 Å². The molecular formula is C11H16N2. The van der Waals surface area contributed by atoms with Crippen LogP contribution < -0.4 is 5.73 Å². The summed E-state index contributed by atoms with van der Waals surface area (Å²) in [5.74, 6) is 0. The number of hydrogen-bond donors (Lipinski definition) is 2. The first-order valence-electron chi connectivity index (χ1n) is 4.66. The van der Waals surface area contributed by atoms with Crippen molar-refractivity contribution in [3.8, 4) is 0 Å². The van der Waals surface area contributed by atoms with Crippen molar-refractivity contribution in [1.82, 2.24) is 0 Å². The van der Waals surface area contributed by atoms with Crippen molar-refractivity contribution < 1.29 is 0 Å². The van der Waals surface area contributed by atoms with Gasteiger partial charge in [0.25, 0.3) is 0 Å². The second kappa shape index (κ2) is 5.36. The summed E-state index contributed by atoms with van der Waals surface area (Å²) in [5, 5.41) is 6.87. The van der Waals surface area contributed by atoms with Crippen LogP contribution in [0.5, 0.6) is 0 Å². The van der Waals surface area contributed by atoms with Gasteiger partial charge in [-0.1, -0.05) is 12.1 Å². The van der Waals surface area contributed by atoms with Crippen LogP contribution in [0.15, 0.2) is 24.3 Å². The van der Waals surface area contributed by atoms with E-state index < -0.39 is 0 Å². The molecule has 0 heterocycles. The van der Waals surface area contributed by atoms with Crippen LogP contribution in [0.4, 0.5) is 5.69 Å². The van der Waals surface area contributed by atoms with Gasteiger partial charge in [0, 0.05) is 5.69 Å². The fourth-order valence-electron chi connectivity index (χ4n) is 1.26. The number of rotatable bonds is 5. The van der Waals surface area contributed by atoms with Crippen LogP contribution in [0.2, 0.25) is 0 Å². The predicted molar refractivity (Wildman–Crippen MR) is 57.2 cm³/mol. The van der Waals surface area contributed by atoms with Gasteiger partial charge in [0.05, 0.1) is 0 Å². The van der Waals surface area contributed by atoms with E-state index in [9.17, 15) is 0 Å². The topological polar surface area (TPSA) is 49.9 Å². The van der Waals surface area contributed by atoms with Crippen molar-refractivity contribution in [3.05, 3.63) is 29.8 Å². The third-order valence-corrected chi connectivity index (χ3v) is 2.04. The van der Waals surface area contributed by atoms with Gasteiger partial charge < -0.3 is 11.1 Å². The zero-order chi connectivity index (χ0) is 9.52. The van der Waals surface area contributed by atoms with Crippen LogP contribution in [-0.2, 0) is 6.42 Å². The first-order valence-corrected chi connectivity index (χ1v) is 4.66. The maximum atomic E-state index is 6.87. The molecule has 1 rings (SSSR count). The Morgan fingerprint density at radius 1 is 1.15 bits per heavy atom. The summed E-state index contributed by atoms with van der Waals surface area (Å²) in [4.78, 5) is 0. The molecule has 1 aromatic carbocycles. The lowest BCUT2D eigenvalue weighted by molar-refractivity contribution is 0.765. The average Bonchev–Trinajstić information content (AvgIpc) is 2.15. The zero-order valence-corrected chi connectivity index (χ0v) is 7.79. The molecule has 0 unspecified atom stereocenters. The van der Waals surface area contributed by atoms with E-state index >= 15 is 0 Å². The molecule has 0 saturated heterocycles. The van der Waals surface area contributed by atoms with Gasteiger partial charge in [0.15, 0.2) is 0 Å². The fraction of sp³-hybridized carbons (Fsp3) is 0.364. The Labute approximate surface area is 79.3 Å². The molecule has 0 radical (unpaired) electrons. The lowest BCUT2D eigenvalue weighted by Crippen LogP contribution is -1.88. The number of benzene rings is 1. The molecule has 0 aliphatic heterocycles. The number of aryl methyl sites for hydroxylation is 1. The third-order valence-electron chi connectivity index (χ3n) is 2.04. The van der Waals surface area contributed by atoms with Gasteiger partial charge >= 0.3 is 0 Å². The van der Waals surface area contributed by atoms with Crippen LogP contribution in [0, 0.1) is 5.41 Å². The van der Waals surface area contributed by atoms with E-state index in [1.807, 2.05) is 12.1 Å². The largest absolute Gasteiger partial charge is 0.399 e. The Kier molecular flexibility index (Phi) is 4.03. The van der Waals surface area contributed by atoms with Gasteiger partial charge in [-0.25, -0.2) is 0 Å². The van der Waals surface area contributed by atoms with Crippen LogP contribution in [0.25, 0.3) is 0 Å². The summed E-state index contributed by atoms with van der Waals surface area (Å²) in [5.41, 5.74) is 7.73. The van der Waals surface area contributed by atoms with E-state index in [1.165, 1.54) is 11.8 Å². The lowest BCUT2D eigenvalue weighted by Gasteiger charge is -2.00. The minimum absolute atomic E-state index is 0.822. The number of nitrogen functional groups attached to an aromatic ring is 1. The van der Waals surface area contributed by atoms with Crippen LogP contribution in [0.1, 0.15) is 24.8 Å². The summed E-state index contributed by atoms with van der Waals surface area (Å²) in [6.07, 6.45) is 5.72. The van der Waals surface area contributed by atoms with Crippen LogP contribution in [-0.4, -0.2) is 6.21 Å². The van der Waals surface area contributed by atoms with Crippen molar-refractivity contribution in [3.63, 3.8) is 0 Å². The summed E-state index contributed by atoms with van der Waals surface area (Å²) in [7, 11) is 0. The van der Waals surface area contributed by atoms with Gasteiger partial charge in [0.2, 0.25) is 0 Å². The standard InChI is InChI=1S/C11H16N2/c12-9-3-1-2-4-10-5-7-11(13)8-6-10/h5-9,12H,1-4,13H2. The van der Waals surface area contributed by atoms with Gasteiger partial charge in [0.1, 0.15) is 0 Å². The van der Waals surface area contributed by atoms with E-state index in [2.05, 4.69) is 12.1 Å². The van der Waals surface area contributed by atoms with E-state index in [0.717, 1.165) is 31.4 Å². The Bertz CT molecular complexity index is 251. The highest BCUT2D eigenvalue weighted by Gasteiger charge is 1.92. The molecule has 0 atom stereocenters. The summed E-state index contributed by atoms with van der Waals surface area (Å²) in [6.45, 7) is 0. The Balaban J connectivity index is 2.28. The minimum Gasteiger partial charge on any atom is -0.399 e. The Morgan fingerprint density at radius 3 is 2.46 bits per heavy atom. The average molecular weight is 176 g/mol. The molecule has 0 aliphatic carbocycles. The summed E-state index contributed by atoms with van der Waals surface area (Å²) in [6, 6.07) is 8.01. The molecular weight excluding hydrogens is 160 g/mol. The molecule has 0 amide bonds. The predicted octanol–water partition coefficient (Wildman–Crippen LogP) is 2.63. The van der Waals surface area contributed by atoms with Crippen molar-refractivity contribution >= 4 is 11.9 Å². The van der Waals surface area contributed by atoms with E-state index in [4.69, 9.17) is 11.1 Å². The van der Waals surface area contributed by atoms with E-state index in [0.29, 0.717) is 0 Å². The number of nitrogens with one attached hydrogen (secondary N) is 1. The molecule has 2 nitrogen and oxygen atoms in total. The van der Waals surface area contributed by atoms with Crippen molar-refractivity contribution in [2.75, 3.05) is 5.73 Å². The SMILES string of the molecule is N=CCCCCc1ccc(N)cc1. The van der Waals surface area contributed by atoms with E-state index in [-0.39, 0.29) is 0 Å². The zero-order valence-electron chi connectivity index (χ0n) is 7.79. The molecule has 0 aliphatic rings. The minimum atomic E-state index is 0.822. The Morgan fingerprint density at radius 2 is 1.85 bits per heavy atom. The van der Waals surface area contributed by atoms with Gasteiger partial charge in [-0.2, -0.15) is 0 Å². The molecule has 2 heteroatoms. The second-order valence-corrected chi connectivity index (χ2v) is 3.19. The smallest absolute Gasteiger partial charge is 0.0314 e. The van der Waals surface area contributed by atoms with Gasteiger partial charge in [-0.15, -0.1) is 0 Å². The molecule has 13 heavy (non-hydrogen) atoms. The molecule has 0 aromatic heterocycles. The van der Waals surface area contributed by atoms with Crippen LogP contribution >= 0.6 is 0 Å². The van der Waals surface area contributed by atoms with Crippen molar-refractivity contribution in [2.45, 2.75) is 25.7 Å². The van der Waals surface area contributed by atoms with Crippen molar-refractivity contribution in [2.24, 2.45) is 0 Å². The number of unbranched alkanes of at least 4 members (excludes halogenated alkanes) is 2. The van der Waals surface area contributed by atoms with Crippen molar-refractivity contribution in [1.29, 1.82) is 5.41 Å². The maximum Gasteiger partial charge on any atom is 0.0314 e. The van der Waals surface area contributed by atoms with Gasteiger partial charge in [-0.05, 0) is 49.6 Å². The monoisotopic (exact) mass is 176 g/mol. The fourth-order valence-corrected chi connectivity index (χ4v) is 1.26. The molecule has 0 spiro atoms. The third kappa shape index (κ3) is 3.74. The molecule has 0 saturated carbocycles. The number of nitrogens with two attached hydrogens (primary N) is 1. The Hall–Kier alpha value is -1.31. The summed E-state index contributed by atoms with van der Waals surface area (Å²) < 4.78 is 0. The lowest BCUT2D eigenvalue weighted by atomic mass is 10.1. The first-order chi connectivity index (χ1) is 6.33. The first kappa shape index (κ1) is 9.78. The van der Waals surface area contributed by atoms with Crippen LogP contribution in [0.3, 0.4) is 0 Å². The number of anilines is 1. The highest BCUT2D eigenvalue weighted by molar-refractivity contribution is 5.52. The van der Waals surface area contributed by atoms with E-state index in [1.54, 1.807) is 0 Å². The molecule has 70 valence electrons. The summed E-state index contributed by atoms with van der Waals surface area (Å²) >= 11 is 0. The molecule has 3 N–H and O–H groups in total. The second-order valence-electron chi connectivity index (χ2n) is 3.19. The normalized spacial score (nSPS) is 9.85. The molecule has 1 aromatic rings. The molecule has 0 bridgehead atoms. The highest BCUT2D eigenvalue weighted by Crippen LogP contribution is 2.09. The quantitative estimate of drug-likeness (QED) is 0.404. The highest BCUT2D eigenvalue weighted by atomic mass is 14.5. The molecule has 0 fully saturated rings. The maximum absolute atomic E-state index is 6.87. The number of hydrogen-bond acceptors (Lipinski definition) is 2.